The topological polar surface area (TPSA) is 47.9 Å². The lowest BCUT2D eigenvalue weighted by Crippen LogP contribution is -2.29. The van der Waals surface area contributed by atoms with Crippen LogP contribution in [0, 0.1) is 0 Å². The molecule has 1 N–H and O–H groups in total. The molecule has 171 valence electrons. The number of hydrogen-bond acceptors (Lipinski definition) is 4. The quantitative estimate of drug-likeness (QED) is 0.255. The molecule has 2 rings (SSSR count). The molecule has 0 aliphatic heterocycles. The summed E-state index contributed by atoms with van der Waals surface area (Å²) in [4.78, 5) is 0. The molecule has 0 heterocycles. The molecule has 0 saturated carbocycles. The summed E-state index contributed by atoms with van der Waals surface area (Å²) in [5.41, 5.74) is 3.43. The molecule has 0 aliphatic rings. The van der Waals surface area contributed by atoms with E-state index in [0.717, 1.165) is 54.4 Å². The first-order valence-corrected chi connectivity index (χ1v) is 13.2. The minimum Gasteiger partial charge on any atom is -0.508 e. The number of hydrogen-bond donors (Lipinski definition) is 1. The zero-order chi connectivity index (χ0) is 22.6. The van der Waals surface area contributed by atoms with Gasteiger partial charge in [-0.05, 0) is 94.0 Å². The summed E-state index contributed by atoms with van der Waals surface area (Å²) in [5.74, 6) is 1.21. The molecule has 4 nitrogen and oxygen atoms in total. The van der Waals surface area contributed by atoms with E-state index in [0.29, 0.717) is 5.75 Å². The molecule has 0 fully saturated rings. The van der Waals surface area contributed by atoms with Crippen molar-refractivity contribution in [2.45, 2.75) is 85.0 Å². The number of ether oxygens (including phenoxy) is 1. The van der Waals surface area contributed by atoms with Crippen molar-refractivity contribution in [1.82, 2.24) is 0 Å². The predicted octanol–water partition coefficient (Wildman–Crippen LogP) is 6.90. The highest BCUT2D eigenvalue weighted by atomic mass is 28.3. The van der Waals surface area contributed by atoms with Gasteiger partial charge in [-0.1, -0.05) is 38.0 Å². The van der Waals surface area contributed by atoms with Crippen molar-refractivity contribution in [2.24, 2.45) is 0 Å². The van der Waals surface area contributed by atoms with E-state index in [1.54, 1.807) is 6.07 Å². The maximum absolute atomic E-state index is 10.1. The van der Waals surface area contributed by atoms with E-state index in [1.165, 1.54) is 12.8 Å². The molecule has 0 atom stereocenters. The van der Waals surface area contributed by atoms with Crippen LogP contribution in [0.5, 0.6) is 11.5 Å². The minimum absolute atomic E-state index is 0.173. The van der Waals surface area contributed by atoms with E-state index < -0.39 is 9.28 Å². The van der Waals surface area contributed by atoms with Gasteiger partial charge in [0.1, 0.15) is 11.5 Å². The van der Waals surface area contributed by atoms with Crippen LogP contribution in [0.4, 0.5) is 0 Å². The number of benzene rings is 2. The molecule has 0 amide bonds. The van der Waals surface area contributed by atoms with E-state index in [4.69, 9.17) is 13.6 Å². The zero-order valence-electron chi connectivity index (χ0n) is 19.8. The third-order valence-electron chi connectivity index (χ3n) is 4.83. The molecule has 0 aromatic heterocycles. The van der Waals surface area contributed by atoms with Crippen molar-refractivity contribution in [2.75, 3.05) is 6.61 Å². The first-order chi connectivity index (χ1) is 14.9. The Morgan fingerprint density at radius 2 is 1.55 bits per heavy atom. The number of rotatable bonds is 14. The van der Waals surface area contributed by atoms with Crippen molar-refractivity contribution >= 4 is 9.28 Å². The first kappa shape index (κ1) is 25.4. The average molecular weight is 444 g/mol. The van der Waals surface area contributed by atoms with E-state index in [-0.39, 0.29) is 12.2 Å². The largest absolute Gasteiger partial charge is 0.508 e. The van der Waals surface area contributed by atoms with Gasteiger partial charge in [0.05, 0.1) is 6.61 Å². The Morgan fingerprint density at radius 1 is 0.871 bits per heavy atom. The van der Waals surface area contributed by atoms with Crippen LogP contribution < -0.4 is 4.74 Å². The van der Waals surface area contributed by atoms with Gasteiger partial charge in [-0.3, -0.25) is 0 Å². The second kappa shape index (κ2) is 13.6. The number of phenolic OH excluding ortho intramolecular Hbond substituents is 1. The van der Waals surface area contributed by atoms with Gasteiger partial charge in [-0.15, -0.1) is 0 Å². The Hall–Kier alpha value is -1.82. The van der Waals surface area contributed by atoms with E-state index in [9.17, 15) is 5.11 Å². The summed E-state index contributed by atoms with van der Waals surface area (Å²) in [6, 6.07) is 14.8. The summed E-state index contributed by atoms with van der Waals surface area (Å²) in [7, 11) is -1.30. The van der Waals surface area contributed by atoms with Crippen LogP contribution in [0.25, 0.3) is 11.1 Å². The second-order valence-electron chi connectivity index (χ2n) is 8.48. The summed E-state index contributed by atoms with van der Waals surface area (Å²) >= 11 is 0. The summed E-state index contributed by atoms with van der Waals surface area (Å²) in [6.45, 7) is 11.2. The number of unbranched alkanes of at least 4 members (excludes halogenated alkanes) is 2. The van der Waals surface area contributed by atoms with Crippen molar-refractivity contribution in [3.8, 4) is 22.6 Å². The first-order valence-electron chi connectivity index (χ1n) is 11.6. The number of aromatic hydroxyl groups is 1. The fourth-order valence-electron chi connectivity index (χ4n) is 3.44. The lowest BCUT2D eigenvalue weighted by atomic mass is 9.96. The van der Waals surface area contributed by atoms with Gasteiger partial charge in [-0.2, -0.15) is 0 Å². The standard InChI is InChI=1S/C26H39O4Si/c1-6-7-8-17-28-25-14-11-22(12-15-25)26-16-13-24(27)19-23(26)10-9-18-31(29-20(2)3)30-21(4)5/h11-16,19-21,27H,6-10,17-18H2,1-5H3. The third-order valence-corrected chi connectivity index (χ3v) is 7.06. The predicted molar refractivity (Wildman–Crippen MR) is 130 cm³/mol. The molecule has 0 spiro atoms. The molecule has 2 aromatic carbocycles. The molecule has 2 aromatic rings. The fraction of sp³-hybridized carbons (Fsp3) is 0.538. The van der Waals surface area contributed by atoms with Crippen LogP contribution in [0.3, 0.4) is 0 Å². The summed E-state index contributed by atoms with van der Waals surface area (Å²) in [6.07, 6.45) is 5.66. The Labute approximate surface area is 190 Å². The fourth-order valence-corrected chi connectivity index (χ4v) is 5.24. The Bertz CT molecular complexity index is 749. The summed E-state index contributed by atoms with van der Waals surface area (Å²) < 4.78 is 17.9. The zero-order valence-corrected chi connectivity index (χ0v) is 20.8. The van der Waals surface area contributed by atoms with E-state index in [1.807, 2.05) is 24.3 Å². The SMILES string of the molecule is CCCCCOc1ccc(-c2ccc(O)cc2CCC[Si](OC(C)C)OC(C)C)cc1. The lowest BCUT2D eigenvalue weighted by molar-refractivity contribution is 0.129. The highest BCUT2D eigenvalue weighted by Gasteiger charge is 2.19. The van der Waals surface area contributed by atoms with Crippen molar-refractivity contribution in [1.29, 1.82) is 0 Å². The molecule has 0 unspecified atom stereocenters. The van der Waals surface area contributed by atoms with Gasteiger partial charge >= 0.3 is 9.28 Å². The van der Waals surface area contributed by atoms with Crippen LogP contribution in [0.15, 0.2) is 42.5 Å². The highest BCUT2D eigenvalue weighted by molar-refractivity contribution is 6.44. The number of phenols is 1. The van der Waals surface area contributed by atoms with Crippen LogP contribution >= 0.6 is 0 Å². The van der Waals surface area contributed by atoms with Crippen LogP contribution in [0.1, 0.15) is 65.9 Å². The van der Waals surface area contributed by atoms with Crippen LogP contribution in [0.2, 0.25) is 6.04 Å². The highest BCUT2D eigenvalue weighted by Crippen LogP contribution is 2.30. The Morgan fingerprint density at radius 3 is 2.16 bits per heavy atom. The average Bonchev–Trinajstić information content (AvgIpc) is 2.71. The molecule has 5 heteroatoms. The van der Waals surface area contributed by atoms with Gasteiger partial charge in [-0.25, -0.2) is 0 Å². The molecule has 31 heavy (non-hydrogen) atoms. The maximum atomic E-state index is 10.1. The van der Waals surface area contributed by atoms with Gasteiger partial charge in [0, 0.05) is 12.2 Å². The molecule has 1 radical (unpaired) electrons. The maximum Gasteiger partial charge on any atom is 0.385 e. The van der Waals surface area contributed by atoms with E-state index >= 15 is 0 Å². The van der Waals surface area contributed by atoms with Gasteiger partial charge in [0.2, 0.25) is 0 Å². The van der Waals surface area contributed by atoms with E-state index in [2.05, 4.69) is 46.8 Å². The second-order valence-corrected chi connectivity index (χ2v) is 10.2. The monoisotopic (exact) mass is 443 g/mol. The van der Waals surface area contributed by atoms with Gasteiger partial charge in [0.15, 0.2) is 0 Å². The lowest BCUT2D eigenvalue weighted by Gasteiger charge is -2.20. The minimum atomic E-state index is -1.30. The molecular formula is C26H39O4Si. The molecular weight excluding hydrogens is 404 g/mol. The molecule has 0 bridgehead atoms. The number of aryl methyl sites for hydroxylation is 1. The van der Waals surface area contributed by atoms with Crippen molar-refractivity contribution in [3.05, 3.63) is 48.0 Å². The summed E-state index contributed by atoms with van der Waals surface area (Å²) in [5, 5.41) is 10.1. The normalized spacial score (nSPS) is 11.6. The molecule has 0 saturated heterocycles. The van der Waals surface area contributed by atoms with Gasteiger partial charge in [0.25, 0.3) is 0 Å². The van der Waals surface area contributed by atoms with Crippen molar-refractivity contribution in [3.63, 3.8) is 0 Å². The third kappa shape index (κ3) is 9.46. The Kier molecular flexibility index (Phi) is 11.1. The van der Waals surface area contributed by atoms with Crippen LogP contribution in [-0.4, -0.2) is 33.2 Å². The smallest absolute Gasteiger partial charge is 0.385 e. The van der Waals surface area contributed by atoms with Crippen molar-refractivity contribution < 1.29 is 18.7 Å². The molecule has 0 aliphatic carbocycles. The Balaban J connectivity index is 2.03. The van der Waals surface area contributed by atoms with Crippen LogP contribution in [-0.2, 0) is 15.3 Å². The van der Waals surface area contributed by atoms with Gasteiger partial charge < -0.3 is 18.7 Å².